The Kier molecular flexibility index (Phi) is 5.04. The highest BCUT2D eigenvalue weighted by molar-refractivity contribution is 6.30. The molecule has 0 aliphatic carbocycles. The number of esters is 1. The summed E-state index contributed by atoms with van der Waals surface area (Å²) in [7, 11) is 0. The minimum atomic E-state index is -4.71. The number of nitrogens with zero attached hydrogens (tertiary/aromatic N) is 1. The van der Waals surface area contributed by atoms with Crippen molar-refractivity contribution in [2.75, 3.05) is 11.9 Å². The molecule has 0 aliphatic heterocycles. The first-order valence-electron chi connectivity index (χ1n) is 7.52. The molecule has 1 heterocycles. The van der Waals surface area contributed by atoms with Crippen LogP contribution in [0.3, 0.4) is 0 Å². The van der Waals surface area contributed by atoms with Crippen LogP contribution in [0.1, 0.15) is 16.1 Å². The molecule has 27 heavy (non-hydrogen) atoms. The third-order valence-electron chi connectivity index (χ3n) is 3.56. The topological polar surface area (TPSA) is 84.1 Å². The van der Waals surface area contributed by atoms with Gasteiger partial charge in [0, 0.05) is 10.4 Å². The predicted molar refractivity (Wildman–Crippen MR) is 91.5 cm³/mol. The number of nitrogens with one attached hydrogen (secondary N) is 2. The van der Waals surface area contributed by atoms with Gasteiger partial charge in [-0.25, -0.2) is 4.79 Å². The molecule has 0 saturated heterocycles. The Morgan fingerprint density at radius 1 is 1.19 bits per heavy atom. The van der Waals surface area contributed by atoms with Crippen molar-refractivity contribution in [2.24, 2.45) is 0 Å². The van der Waals surface area contributed by atoms with E-state index in [1.165, 1.54) is 6.07 Å². The van der Waals surface area contributed by atoms with E-state index in [1.54, 1.807) is 24.3 Å². The largest absolute Gasteiger partial charge is 0.451 e. The van der Waals surface area contributed by atoms with Gasteiger partial charge in [-0.2, -0.15) is 18.3 Å². The Labute approximate surface area is 155 Å². The van der Waals surface area contributed by atoms with Gasteiger partial charge < -0.3 is 10.1 Å². The molecule has 1 amide bonds. The Hall–Kier alpha value is -3.07. The van der Waals surface area contributed by atoms with Gasteiger partial charge in [0.05, 0.1) is 16.8 Å². The zero-order chi connectivity index (χ0) is 19.6. The molecule has 0 aliphatic rings. The van der Waals surface area contributed by atoms with E-state index in [1.807, 2.05) is 0 Å². The lowest BCUT2D eigenvalue weighted by atomic mass is 10.1. The monoisotopic (exact) mass is 397 g/mol. The third kappa shape index (κ3) is 4.20. The zero-order valence-electron chi connectivity index (χ0n) is 13.4. The SMILES string of the molecule is O=C(COC(=O)c1n[nH]c2ccccc12)Nc1ccc(Cl)cc1C(F)(F)F. The predicted octanol–water partition coefficient (Wildman–Crippen LogP) is 4.03. The fourth-order valence-corrected chi connectivity index (χ4v) is 2.54. The van der Waals surface area contributed by atoms with E-state index in [0.717, 1.165) is 6.07 Å². The summed E-state index contributed by atoms with van der Waals surface area (Å²) in [5.74, 6) is -1.81. The molecule has 10 heteroatoms. The number of aromatic amines is 1. The maximum atomic E-state index is 13.0. The number of carbonyl (C=O) groups excluding carboxylic acids is 2. The quantitative estimate of drug-likeness (QED) is 0.651. The molecule has 0 atom stereocenters. The first-order valence-corrected chi connectivity index (χ1v) is 7.90. The second-order valence-electron chi connectivity index (χ2n) is 5.43. The summed E-state index contributed by atoms with van der Waals surface area (Å²) >= 11 is 5.57. The molecule has 0 radical (unpaired) electrons. The summed E-state index contributed by atoms with van der Waals surface area (Å²) in [6, 6.07) is 9.69. The Balaban J connectivity index is 1.68. The van der Waals surface area contributed by atoms with Crippen LogP contribution in [0.25, 0.3) is 10.9 Å². The van der Waals surface area contributed by atoms with Gasteiger partial charge in [-0.1, -0.05) is 29.8 Å². The number of amides is 1. The summed E-state index contributed by atoms with van der Waals surface area (Å²) < 4.78 is 43.9. The van der Waals surface area contributed by atoms with Crippen molar-refractivity contribution in [1.82, 2.24) is 10.2 Å². The van der Waals surface area contributed by atoms with Crippen LogP contribution in [0.2, 0.25) is 5.02 Å². The molecule has 0 fully saturated rings. The Bertz CT molecular complexity index is 1020. The molecule has 1 aromatic heterocycles. The highest BCUT2D eigenvalue weighted by Gasteiger charge is 2.34. The van der Waals surface area contributed by atoms with Crippen LogP contribution < -0.4 is 5.32 Å². The van der Waals surface area contributed by atoms with E-state index in [-0.39, 0.29) is 10.7 Å². The maximum absolute atomic E-state index is 13.0. The lowest BCUT2D eigenvalue weighted by Gasteiger charge is -2.14. The van der Waals surface area contributed by atoms with Crippen LogP contribution in [-0.2, 0) is 15.7 Å². The van der Waals surface area contributed by atoms with Crippen molar-refractivity contribution in [3.8, 4) is 0 Å². The molecule has 3 rings (SSSR count). The van der Waals surface area contributed by atoms with Gasteiger partial charge in [0.25, 0.3) is 5.91 Å². The van der Waals surface area contributed by atoms with Crippen LogP contribution in [0.5, 0.6) is 0 Å². The number of para-hydroxylation sites is 1. The van der Waals surface area contributed by atoms with E-state index in [2.05, 4.69) is 15.5 Å². The maximum Gasteiger partial charge on any atom is 0.418 e. The molecule has 3 aromatic rings. The average molecular weight is 398 g/mol. The minimum Gasteiger partial charge on any atom is -0.451 e. The van der Waals surface area contributed by atoms with Crippen molar-refractivity contribution in [2.45, 2.75) is 6.18 Å². The minimum absolute atomic E-state index is 0.0270. The molecule has 0 unspecified atom stereocenters. The van der Waals surface area contributed by atoms with Gasteiger partial charge in [0.2, 0.25) is 0 Å². The van der Waals surface area contributed by atoms with Crippen LogP contribution in [0, 0.1) is 0 Å². The molecular weight excluding hydrogens is 387 g/mol. The highest BCUT2D eigenvalue weighted by atomic mass is 35.5. The number of benzene rings is 2. The third-order valence-corrected chi connectivity index (χ3v) is 3.79. The first-order chi connectivity index (χ1) is 12.8. The molecule has 2 N–H and O–H groups in total. The number of hydrogen-bond acceptors (Lipinski definition) is 4. The number of H-pyrrole nitrogens is 1. The van der Waals surface area contributed by atoms with E-state index in [4.69, 9.17) is 16.3 Å². The van der Waals surface area contributed by atoms with Crippen molar-refractivity contribution < 1.29 is 27.5 Å². The number of rotatable bonds is 4. The standard InChI is InChI=1S/C17H11ClF3N3O3/c18-9-5-6-13(11(7-9)17(19,20)21)22-14(25)8-27-16(26)15-10-3-1-2-4-12(10)23-24-15/h1-7H,8H2,(H,22,25)(H,23,24). The zero-order valence-corrected chi connectivity index (χ0v) is 14.2. The van der Waals surface area contributed by atoms with Crippen LogP contribution in [-0.4, -0.2) is 28.7 Å². The van der Waals surface area contributed by atoms with Crippen LogP contribution in [0.4, 0.5) is 18.9 Å². The first kappa shape index (κ1) is 18.7. The van der Waals surface area contributed by atoms with Gasteiger partial charge >= 0.3 is 12.1 Å². The highest BCUT2D eigenvalue weighted by Crippen LogP contribution is 2.36. The molecular formula is C17H11ClF3N3O3. The molecule has 140 valence electrons. The van der Waals surface area contributed by atoms with Crippen molar-refractivity contribution >= 4 is 40.1 Å². The normalized spacial score (nSPS) is 11.4. The second-order valence-corrected chi connectivity index (χ2v) is 5.87. The molecule has 0 spiro atoms. The fourth-order valence-electron chi connectivity index (χ4n) is 2.36. The number of fused-ring (bicyclic) bond motifs is 1. The van der Waals surface area contributed by atoms with E-state index >= 15 is 0 Å². The number of carbonyl (C=O) groups is 2. The number of aromatic nitrogens is 2. The summed E-state index contributed by atoms with van der Waals surface area (Å²) in [6.45, 7) is -0.778. The van der Waals surface area contributed by atoms with E-state index in [9.17, 15) is 22.8 Å². The molecule has 0 saturated carbocycles. The number of halogens is 4. The summed E-state index contributed by atoms with van der Waals surface area (Å²) in [6.07, 6.45) is -4.71. The Morgan fingerprint density at radius 3 is 2.67 bits per heavy atom. The Morgan fingerprint density at radius 2 is 1.93 bits per heavy atom. The fraction of sp³-hybridized carbons (Fsp3) is 0.118. The van der Waals surface area contributed by atoms with E-state index in [0.29, 0.717) is 17.0 Å². The molecule has 2 aromatic carbocycles. The molecule has 0 bridgehead atoms. The summed E-state index contributed by atoms with van der Waals surface area (Å²) in [5.41, 5.74) is -1.02. The smallest absolute Gasteiger partial charge is 0.418 e. The van der Waals surface area contributed by atoms with Crippen molar-refractivity contribution in [3.05, 3.63) is 58.7 Å². The number of anilines is 1. The summed E-state index contributed by atoms with van der Waals surface area (Å²) in [5, 5.41) is 8.89. The van der Waals surface area contributed by atoms with Crippen LogP contribution >= 0.6 is 11.6 Å². The van der Waals surface area contributed by atoms with Gasteiger partial charge in [-0.15, -0.1) is 0 Å². The van der Waals surface area contributed by atoms with Gasteiger partial charge in [0.1, 0.15) is 0 Å². The lowest BCUT2D eigenvalue weighted by molar-refractivity contribution is -0.137. The summed E-state index contributed by atoms with van der Waals surface area (Å²) in [4.78, 5) is 24.0. The van der Waals surface area contributed by atoms with Gasteiger partial charge in [-0.05, 0) is 24.3 Å². The van der Waals surface area contributed by atoms with Crippen LogP contribution in [0.15, 0.2) is 42.5 Å². The van der Waals surface area contributed by atoms with Crippen molar-refractivity contribution in [3.63, 3.8) is 0 Å². The van der Waals surface area contributed by atoms with Gasteiger partial charge in [-0.3, -0.25) is 9.89 Å². The lowest BCUT2D eigenvalue weighted by Crippen LogP contribution is -2.23. The number of hydrogen-bond donors (Lipinski definition) is 2. The van der Waals surface area contributed by atoms with Gasteiger partial charge in [0.15, 0.2) is 12.3 Å². The second kappa shape index (κ2) is 7.28. The van der Waals surface area contributed by atoms with E-state index < -0.39 is 35.9 Å². The van der Waals surface area contributed by atoms with Crippen molar-refractivity contribution in [1.29, 1.82) is 0 Å². The average Bonchev–Trinajstić information content (AvgIpc) is 3.04. The number of alkyl halides is 3. The molecule has 6 nitrogen and oxygen atoms in total. The number of ether oxygens (including phenoxy) is 1.